The number of hydrogen-bond acceptors (Lipinski definition) is 7. The topological polar surface area (TPSA) is 56.8 Å². The monoisotopic (exact) mass is 534 g/mol. The predicted octanol–water partition coefficient (Wildman–Crippen LogP) is 5.53. The number of aryl methyl sites for hydroxylation is 1. The number of nitrogens with one attached hydrogen (secondary N) is 1. The van der Waals surface area contributed by atoms with Gasteiger partial charge in [0.05, 0.1) is 12.3 Å². The van der Waals surface area contributed by atoms with Crippen LogP contribution in [0.5, 0.6) is 5.75 Å². The fraction of sp³-hybridized carbons (Fsp3) is 0.688. The van der Waals surface area contributed by atoms with Crippen molar-refractivity contribution in [2.24, 2.45) is 0 Å². The van der Waals surface area contributed by atoms with Crippen LogP contribution >= 0.6 is 0 Å². The molecule has 0 saturated carbocycles. The molecular weight excluding hydrogens is 484 g/mol. The molecule has 1 N–H and O–H groups in total. The molecule has 214 valence electrons. The lowest BCUT2D eigenvalue weighted by atomic mass is 10.0. The van der Waals surface area contributed by atoms with Gasteiger partial charge in [0.1, 0.15) is 11.6 Å². The van der Waals surface area contributed by atoms with Gasteiger partial charge in [-0.15, -0.1) is 0 Å². The molecule has 1 unspecified atom stereocenters. The average molecular weight is 535 g/mol. The lowest BCUT2D eigenvalue weighted by Gasteiger charge is -2.33. The minimum Gasteiger partial charge on any atom is -0.494 e. The number of ether oxygens (including phenoxy) is 1. The number of aromatic nitrogens is 2. The molecule has 0 bridgehead atoms. The maximum absolute atomic E-state index is 5.92. The highest BCUT2D eigenvalue weighted by Gasteiger charge is 2.25. The van der Waals surface area contributed by atoms with Gasteiger partial charge in [0.15, 0.2) is 0 Å². The third-order valence-electron chi connectivity index (χ3n) is 8.50. The number of benzene rings is 1. The van der Waals surface area contributed by atoms with Gasteiger partial charge in [-0.25, -0.2) is 4.98 Å². The second-order valence-corrected chi connectivity index (χ2v) is 12.1. The lowest BCUT2D eigenvalue weighted by Crippen LogP contribution is -2.42. The van der Waals surface area contributed by atoms with Gasteiger partial charge >= 0.3 is 0 Å². The fourth-order valence-electron chi connectivity index (χ4n) is 6.38. The fourth-order valence-corrected chi connectivity index (χ4v) is 6.38. The van der Waals surface area contributed by atoms with Crippen molar-refractivity contribution in [3.05, 3.63) is 41.1 Å². The molecule has 5 rings (SSSR count). The predicted molar refractivity (Wildman–Crippen MR) is 161 cm³/mol. The van der Waals surface area contributed by atoms with E-state index in [9.17, 15) is 0 Å². The summed E-state index contributed by atoms with van der Waals surface area (Å²) in [7, 11) is 4.20. The molecule has 2 fully saturated rings. The molecule has 7 nitrogen and oxygen atoms in total. The van der Waals surface area contributed by atoms with E-state index < -0.39 is 0 Å². The highest BCUT2D eigenvalue weighted by molar-refractivity contribution is 5.53. The first-order chi connectivity index (χ1) is 19.1. The number of nitrogens with zero attached hydrogens (tertiary/aromatic N) is 5. The summed E-state index contributed by atoms with van der Waals surface area (Å²) in [4.78, 5) is 17.7. The Hall–Kier alpha value is -2.38. The molecule has 1 aliphatic carbocycles. The van der Waals surface area contributed by atoms with Gasteiger partial charge in [0.2, 0.25) is 5.95 Å². The Morgan fingerprint density at radius 3 is 2.46 bits per heavy atom. The van der Waals surface area contributed by atoms with Gasteiger partial charge in [-0.05, 0) is 96.1 Å². The third-order valence-corrected chi connectivity index (χ3v) is 8.50. The Morgan fingerprint density at radius 1 is 0.897 bits per heavy atom. The number of fused-ring (bicyclic) bond motifs is 1. The molecule has 7 heteroatoms. The van der Waals surface area contributed by atoms with Crippen molar-refractivity contribution < 1.29 is 4.74 Å². The summed E-state index contributed by atoms with van der Waals surface area (Å²) >= 11 is 0. The minimum absolute atomic E-state index is 0.388. The molecule has 1 aromatic carbocycles. The zero-order valence-electron chi connectivity index (χ0n) is 24.5. The van der Waals surface area contributed by atoms with Crippen LogP contribution in [0.1, 0.15) is 81.0 Å². The summed E-state index contributed by atoms with van der Waals surface area (Å²) in [5.74, 6) is 3.07. The summed E-state index contributed by atoms with van der Waals surface area (Å²) in [6, 6.07) is 9.08. The third kappa shape index (κ3) is 8.31. The lowest BCUT2D eigenvalue weighted by molar-refractivity contribution is 0.208. The molecule has 2 aliphatic heterocycles. The van der Waals surface area contributed by atoms with Crippen molar-refractivity contribution >= 4 is 11.8 Å². The van der Waals surface area contributed by atoms with Crippen LogP contribution in [0.25, 0.3) is 0 Å². The van der Waals surface area contributed by atoms with E-state index in [0.29, 0.717) is 6.04 Å². The first-order valence-electron chi connectivity index (χ1n) is 15.6. The second-order valence-electron chi connectivity index (χ2n) is 12.1. The van der Waals surface area contributed by atoms with E-state index in [0.717, 1.165) is 76.8 Å². The molecule has 3 heterocycles. The standard InChI is InChI=1S/C32H50N6O/c1-36(2)19-11-23-39-28-17-15-26(16-18-28)24-37-20-10-12-27(25-37)33-32-34-30-14-7-5-6-13-29(30)31(35-32)38-21-8-3-4-9-22-38/h15-18,27H,3-14,19-25H2,1-2H3,(H,33,34,35). The largest absolute Gasteiger partial charge is 0.494 e. The second kappa shape index (κ2) is 14.3. The molecule has 0 amide bonds. The van der Waals surface area contributed by atoms with Gasteiger partial charge in [-0.2, -0.15) is 4.98 Å². The van der Waals surface area contributed by atoms with Gasteiger partial charge in [0, 0.05) is 44.3 Å². The van der Waals surface area contributed by atoms with Crippen LogP contribution in [0, 0.1) is 0 Å². The average Bonchev–Trinajstić information content (AvgIpc) is 3.35. The van der Waals surface area contributed by atoms with Gasteiger partial charge < -0.3 is 19.9 Å². The van der Waals surface area contributed by atoms with E-state index in [-0.39, 0.29) is 0 Å². The van der Waals surface area contributed by atoms with E-state index in [1.54, 1.807) is 0 Å². The van der Waals surface area contributed by atoms with Crippen LogP contribution in [0.15, 0.2) is 24.3 Å². The van der Waals surface area contributed by atoms with Crippen LogP contribution in [0.4, 0.5) is 11.8 Å². The number of rotatable bonds is 10. The first kappa shape index (κ1) is 28.2. The van der Waals surface area contributed by atoms with Gasteiger partial charge in [-0.3, -0.25) is 4.90 Å². The Morgan fingerprint density at radius 2 is 1.67 bits per heavy atom. The van der Waals surface area contributed by atoms with Gasteiger partial charge in [-0.1, -0.05) is 31.4 Å². The van der Waals surface area contributed by atoms with E-state index in [2.05, 4.69) is 58.4 Å². The van der Waals surface area contributed by atoms with E-state index in [4.69, 9.17) is 14.7 Å². The van der Waals surface area contributed by atoms with Crippen molar-refractivity contribution in [1.82, 2.24) is 19.8 Å². The first-order valence-corrected chi connectivity index (χ1v) is 15.6. The number of likely N-dealkylation sites (tertiary alicyclic amines) is 1. The molecule has 1 atom stereocenters. The smallest absolute Gasteiger partial charge is 0.225 e. The number of anilines is 2. The molecule has 39 heavy (non-hydrogen) atoms. The Balaban J connectivity index is 1.20. The summed E-state index contributed by atoms with van der Waals surface area (Å²) in [5.41, 5.74) is 4.09. The van der Waals surface area contributed by atoms with Crippen molar-refractivity contribution in [2.45, 2.75) is 89.6 Å². The quantitative estimate of drug-likeness (QED) is 0.318. The number of hydrogen-bond donors (Lipinski definition) is 1. The van der Waals surface area contributed by atoms with Crippen molar-refractivity contribution in [1.29, 1.82) is 0 Å². The van der Waals surface area contributed by atoms with E-state index in [1.165, 1.54) is 80.4 Å². The van der Waals surface area contributed by atoms with Crippen molar-refractivity contribution in [3.63, 3.8) is 0 Å². The molecular formula is C32H50N6O. The van der Waals surface area contributed by atoms with Crippen LogP contribution in [0.2, 0.25) is 0 Å². The Labute approximate surface area is 236 Å². The highest BCUT2D eigenvalue weighted by Crippen LogP contribution is 2.30. The summed E-state index contributed by atoms with van der Waals surface area (Å²) in [6.45, 7) is 7.25. The Kier molecular flexibility index (Phi) is 10.3. The molecule has 2 aromatic rings. The maximum atomic E-state index is 5.92. The van der Waals surface area contributed by atoms with Crippen LogP contribution in [-0.4, -0.2) is 79.2 Å². The van der Waals surface area contributed by atoms with Crippen LogP contribution in [-0.2, 0) is 19.4 Å². The van der Waals surface area contributed by atoms with Crippen LogP contribution in [0.3, 0.4) is 0 Å². The van der Waals surface area contributed by atoms with Gasteiger partial charge in [0.25, 0.3) is 0 Å². The van der Waals surface area contributed by atoms with Crippen LogP contribution < -0.4 is 15.0 Å². The van der Waals surface area contributed by atoms with E-state index in [1.807, 2.05) is 0 Å². The molecule has 0 radical (unpaired) electrons. The zero-order valence-corrected chi connectivity index (χ0v) is 24.5. The Bertz CT molecular complexity index is 1020. The summed E-state index contributed by atoms with van der Waals surface area (Å²) in [6.07, 6.45) is 14.7. The van der Waals surface area contributed by atoms with E-state index >= 15 is 0 Å². The molecule has 0 spiro atoms. The summed E-state index contributed by atoms with van der Waals surface area (Å²) < 4.78 is 5.92. The maximum Gasteiger partial charge on any atom is 0.225 e. The highest BCUT2D eigenvalue weighted by atomic mass is 16.5. The number of piperidine rings is 1. The molecule has 3 aliphatic rings. The zero-order chi connectivity index (χ0) is 26.9. The normalized spacial score (nSPS) is 20.8. The molecule has 1 aromatic heterocycles. The summed E-state index contributed by atoms with van der Waals surface area (Å²) in [5, 5.41) is 3.79. The minimum atomic E-state index is 0.388. The van der Waals surface area contributed by atoms with Crippen molar-refractivity contribution in [3.8, 4) is 5.75 Å². The SMILES string of the molecule is CN(C)CCCOc1ccc(CN2CCCC(Nc3nc4c(c(N5CCCCCC5)n3)CCCCC4)C2)cc1. The molecule has 2 saturated heterocycles. The van der Waals surface area contributed by atoms with Crippen molar-refractivity contribution in [2.75, 3.05) is 63.6 Å².